The Labute approximate surface area is 177 Å². The topological polar surface area (TPSA) is 90.9 Å². The van der Waals surface area contributed by atoms with Gasteiger partial charge in [0.25, 0.3) is 0 Å². The third kappa shape index (κ3) is 5.34. The lowest BCUT2D eigenvalue weighted by Crippen LogP contribution is -2.51. The van der Waals surface area contributed by atoms with Crippen molar-refractivity contribution in [1.82, 2.24) is 15.5 Å². The summed E-state index contributed by atoms with van der Waals surface area (Å²) in [6, 6.07) is 8.48. The monoisotopic (exact) mass is 506 g/mol. The number of nitrogens with zero attached hydrogens (tertiary/aromatic N) is 2. The largest absolute Gasteiger partial charge is 0.355 e. The Balaban J connectivity index is 0.00000261. The van der Waals surface area contributed by atoms with E-state index in [-0.39, 0.29) is 41.1 Å². The van der Waals surface area contributed by atoms with Gasteiger partial charge in [0.15, 0.2) is 15.8 Å². The fraction of sp³-hybridized carbons (Fsp3) is 0.556. The molecule has 27 heavy (non-hydrogen) atoms. The fourth-order valence-electron chi connectivity index (χ4n) is 3.80. The van der Waals surface area contributed by atoms with Crippen LogP contribution in [0.25, 0.3) is 0 Å². The van der Waals surface area contributed by atoms with Crippen LogP contribution in [-0.4, -0.2) is 64.2 Å². The lowest BCUT2D eigenvalue weighted by atomic mass is 9.79. The number of nitrogens with one attached hydrogen (secondary N) is 2. The Hall–Kier alpha value is -1.36. The molecule has 2 aliphatic heterocycles. The number of rotatable bonds is 4. The summed E-state index contributed by atoms with van der Waals surface area (Å²) in [6.07, 6.45) is 2.59. The van der Waals surface area contributed by atoms with Crippen LogP contribution < -0.4 is 10.6 Å². The van der Waals surface area contributed by atoms with Gasteiger partial charge in [-0.1, -0.05) is 18.2 Å². The summed E-state index contributed by atoms with van der Waals surface area (Å²) in [4.78, 5) is 18.4. The number of hydrogen-bond donors (Lipinski definition) is 2. The molecular weight excluding hydrogens is 479 g/mol. The number of likely N-dealkylation sites (tertiary alicyclic amines) is 1. The summed E-state index contributed by atoms with van der Waals surface area (Å²) in [6.45, 7) is 2.63. The van der Waals surface area contributed by atoms with E-state index in [4.69, 9.17) is 0 Å². The molecule has 0 radical (unpaired) electrons. The first-order valence-corrected chi connectivity index (χ1v) is 10.6. The maximum absolute atomic E-state index is 12.4. The van der Waals surface area contributed by atoms with Crippen LogP contribution in [0.2, 0.25) is 0 Å². The molecule has 2 heterocycles. The number of carbonyl (C=O) groups is 1. The Morgan fingerprint density at radius 3 is 2.70 bits per heavy atom. The van der Waals surface area contributed by atoms with Gasteiger partial charge in [0, 0.05) is 45.1 Å². The predicted molar refractivity (Wildman–Crippen MR) is 116 cm³/mol. The van der Waals surface area contributed by atoms with E-state index < -0.39 is 9.84 Å². The van der Waals surface area contributed by atoms with Crippen molar-refractivity contribution in [3.63, 3.8) is 0 Å². The molecular formula is C18H27IN4O3S. The first-order valence-electron chi connectivity index (χ1n) is 8.94. The van der Waals surface area contributed by atoms with Gasteiger partial charge in [0.1, 0.15) is 0 Å². The van der Waals surface area contributed by atoms with E-state index in [0.717, 1.165) is 25.9 Å². The lowest BCUT2D eigenvalue weighted by Gasteiger charge is -2.40. The smallest absolute Gasteiger partial charge is 0.220 e. The van der Waals surface area contributed by atoms with Crippen LogP contribution >= 0.6 is 24.0 Å². The van der Waals surface area contributed by atoms with Crippen LogP contribution in [0.3, 0.4) is 0 Å². The summed E-state index contributed by atoms with van der Waals surface area (Å²) in [7, 11) is -1.61. The summed E-state index contributed by atoms with van der Waals surface area (Å²) in [5.41, 5.74) is -0.0247. The summed E-state index contributed by atoms with van der Waals surface area (Å²) < 4.78 is 24.8. The highest BCUT2D eigenvalue weighted by atomic mass is 127. The zero-order valence-corrected chi connectivity index (χ0v) is 18.6. The van der Waals surface area contributed by atoms with Crippen molar-refractivity contribution < 1.29 is 13.2 Å². The first kappa shape index (κ1) is 21.9. The number of amides is 1. The van der Waals surface area contributed by atoms with Crippen molar-refractivity contribution >= 4 is 45.7 Å². The average Bonchev–Trinajstić information content (AvgIpc) is 2.99. The minimum atomic E-state index is -3.32. The molecule has 2 N–H and O–H groups in total. The Bertz CT molecular complexity index is 785. The van der Waals surface area contributed by atoms with E-state index in [1.165, 1.54) is 0 Å². The first-order chi connectivity index (χ1) is 12.4. The maximum Gasteiger partial charge on any atom is 0.220 e. The Morgan fingerprint density at radius 2 is 2.07 bits per heavy atom. The van der Waals surface area contributed by atoms with Crippen molar-refractivity contribution in [2.24, 2.45) is 10.4 Å². The molecule has 0 bridgehead atoms. The molecule has 1 spiro atoms. The van der Waals surface area contributed by atoms with Crippen LogP contribution in [0.15, 0.2) is 40.2 Å². The molecule has 1 amide bonds. The minimum absolute atomic E-state index is 0. The second-order valence-electron chi connectivity index (χ2n) is 7.08. The standard InChI is InChI=1S/C18H26N4O3S.HI/c1-19-17(20-9-11-26(24,25)15-6-3-2-4-7-15)22-10-5-8-18(14-22)12-16(23)21-13-18;/h2-4,6-7H,5,8-14H2,1H3,(H,19,20)(H,21,23);1H. The highest BCUT2D eigenvalue weighted by Gasteiger charge is 2.42. The van der Waals surface area contributed by atoms with Crippen LogP contribution in [0, 0.1) is 5.41 Å². The van der Waals surface area contributed by atoms with Gasteiger partial charge in [0.05, 0.1) is 10.6 Å². The van der Waals surface area contributed by atoms with Crippen molar-refractivity contribution in [2.45, 2.75) is 24.2 Å². The molecule has 1 atom stereocenters. The zero-order valence-electron chi connectivity index (χ0n) is 15.5. The molecule has 9 heteroatoms. The molecule has 2 saturated heterocycles. The second-order valence-corrected chi connectivity index (χ2v) is 9.19. The zero-order chi connectivity index (χ0) is 18.6. The van der Waals surface area contributed by atoms with Crippen LogP contribution in [0.1, 0.15) is 19.3 Å². The van der Waals surface area contributed by atoms with Crippen LogP contribution in [0.5, 0.6) is 0 Å². The third-order valence-electron chi connectivity index (χ3n) is 5.13. The molecule has 0 saturated carbocycles. The number of benzene rings is 1. The Kier molecular flexibility index (Phi) is 7.49. The molecule has 3 rings (SSSR count). The van der Waals surface area contributed by atoms with Gasteiger partial charge in [-0.3, -0.25) is 9.79 Å². The van der Waals surface area contributed by atoms with Gasteiger partial charge in [0.2, 0.25) is 5.91 Å². The number of halogens is 1. The van der Waals surface area contributed by atoms with Crippen molar-refractivity contribution in [1.29, 1.82) is 0 Å². The third-order valence-corrected chi connectivity index (χ3v) is 6.86. The number of carbonyl (C=O) groups excluding carboxylic acids is 1. The van der Waals surface area contributed by atoms with Gasteiger partial charge in [-0.2, -0.15) is 0 Å². The van der Waals surface area contributed by atoms with Gasteiger partial charge in [-0.15, -0.1) is 24.0 Å². The van der Waals surface area contributed by atoms with Crippen molar-refractivity contribution in [3.05, 3.63) is 30.3 Å². The van der Waals surface area contributed by atoms with E-state index >= 15 is 0 Å². The average molecular weight is 506 g/mol. The van der Waals surface area contributed by atoms with E-state index in [1.807, 2.05) is 0 Å². The summed E-state index contributed by atoms with van der Waals surface area (Å²) in [5.74, 6) is 0.824. The van der Waals surface area contributed by atoms with Crippen molar-refractivity contribution in [2.75, 3.05) is 39.0 Å². The lowest BCUT2D eigenvalue weighted by molar-refractivity contribution is -0.119. The van der Waals surface area contributed by atoms with E-state index in [2.05, 4.69) is 20.5 Å². The number of piperidine rings is 1. The van der Waals surface area contributed by atoms with E-state index in [1.54, 1.807) is 37.4 Å². The van der Waals surface area contributed by atoms with Gasteiger partial charge < -0.3 is 15.5 Å². The number of sulfone groups is 1. The molecule has 1 unspecified atom stereocenters. The van der Waals surface area contributed by atoms with E-state index in [0.29, 0.717) is 30.4 Å². The molecule has 0 aromatic heterocycles. The van der Waals surface area contributed by atoms with Gasteiger partial charge in [-0.25, -0.2) is 8.42 Å². The minimum Gasteiger partial charge on any atom is -0.355 e. The number of hydrogen-bond acceptors (Lipinski definition) is 4. The normalized spacial score (nSPS) is 23.1. The van der Waals surface area contributed by atoms with Gasteiger partial charge in [-0.05, 0) is 25.0 Å². The number of aliphatic imine (C=N–C) groups is 1. The predicted octanol–water partition coefficient (Wildman–Crippen LogP) is 1.26. The number of guanidine groups is 1. The van der Waals surface area contributed by atoms with E-state index in [9.17, 15) is 13.2 Å². The van der Waals surface area contributed by atoms with Gasteiger partial charge >= 0.3 is 0 Å². The molecule has 0 aliphatic carbocycles. The molecule has 2 fully saturated rings. The SMILES string of the molecule is CN=C(NCCS(=O)(=O)c1ccccc1)N1CCCC2(CNC(=O)C2)C1.I. The highest BCUT2D eigenvalue weighted by Crippen LogP contribution is 2.35. The Morgan fingerprint density at radius 1 is 1.33 bits per heavy atom. The molecule has 1 aromatic rings. The molecule has 2 aliphatic rings. The van der Waals surface area contributed by atoms with Crippen LogP contribution in [-0.2, 0) is 14.6 Å². The fourth-order valence-corrected chi connectivity index (χ4v) is 4.98. The maximum atomic E-state index is 12.4. The summed E-state index contributed by atoms with van der Waals surface area (Å²) in [5, 5.41) is 6.11. The molecule has 1 aromatic carbocycles. The quantitative estimate of drug-likeness (QED) is 0.365. The highest BCUT2D eigenvalue weighted by molar-refractivity contribution is 14.0. The molecule has 7 nitrogen and oxygen atoms in total. The van der Waals surface area contributed by atoms with Crippen molar-refractivity contribution in [3.8, 4) is 0 Å². The summed E-state index contributed by atoms with van der Waals surface area (Å²) >= 11 is 0. The van der Waals surface area contributed by atoms with Crippen LogP contribution in [0.4, 0.5) is 0 Å². The second kappa shape index (κ2) is 9.22. The molecule has 150 valence electrons.